The molecule has 0 saturated heterocycles. The second kappa shape index (κ2) is 6.21. The number of fused-ring (bicyclic) bond motifs is 1. The molecule has 24 heavy (non-hydrogen) atoms. The van der Waals surface area contributed by atoms with Gasteiger partial charge in [0, 0.05) is 11.3 Å². The number of amides is 1. The molecule has 1 unspecified atom stereocenters. The van der Waals surface area contributed by atoms with E-state index in [0.29, 0.717) is 17.0 Å². The molecule has 0 aromatic carbocycles. The predicted octanol–water partition coefficient (Wildman–Crippen LogP) is 3.56. The van der Waals surface area contributed by atoms with Crippen molar-refractivity contribution in [1.29, 1.82) is 5.26 Å². The van der Waals surface area contributed by atoms with Crippen LogP contribution in [0.4, 0.5) is 5.00 Å². The summed E-state index contributed by atoms with van der Waals surface area (Å²) in [4.78, 5) is 25.2. The summed E-state index contributed by atoms with van der Waals surface area (Å²) in [5.74, 6) is -1.06. The Morgan fingerprint density at radius 2 is 2.04 bits per heavy atom. The van der Waals surface area contributed by atoms with Gasteiger partial charge in [-0.3, -0.25) is 9.59 Å². The van der Waals surface area contributed by atoms with Crippen molar-refractivity contribution in [2.75, 3.05) is 11.9 Å². The molecule has 1 heterocycles. The van der Waals surface area contributed by atoms with E-state index in [4.69, 9.17) is 27.9 Å². The number of carbonyl (C=O) groups is 2. The van der Waals surface area contributed by atoms with Crippen LogP contribution in [-0.4, -0.2) is 22.8 Å². The molecular formula is C16H16Cl2N2O3S. The lowest BCUT2D eigenvalue weighted by Gasteiger charge is -2.11. The lowest BCUT2D eigenvalue weighted by atomic mass is 9.96. The quantitative estimate of drug-likeness (QED) is 0.633. The third-order valence-electron chi connectivity index (χ3n) is 4.58. The first kappa shape index (κ1) is 17.5. The Hall–Kier alpha value is -1.29. The summed E-state index contributed by atoms with van der Waals surface area (Å²) in [6.45, 7) is 1.18. The highest BCUT2D eigenvalue weighted by molar-refractivity contribution is 7.16. The third kappa shape index (κ3) is 3.01. The van der Waals surface area contributed by atoms with E-state index in [9.17, 15) is 14.9 Å². The maximum Gasteiger partial charge on any atom is 0.315 e. The van der Waals surface area contributed by atoms with Crippen LogP contribution in [0.25, 0.3) is 0 Å². The third-order valence-corrected chi connectivity index (χ3v) is 6.89. The van der Waals surface area contributed by atoms with E-state index in [0.717, 1.165) is 36.1 Å². The standard InChI is InChI=1S/C16H16Cl2N2O3S/c1-15(8-16(15,17)18)14(22)23-7-12(21)20-13-10(6-19)9-4-2-3-5-11(9)24-13/h2-5,7-8H2,1H3,(H,20,21). The van der Waals surface area contributed by atoms with Gasteiger partial charge in [0.15, 0.2) is 6.61 Å². The van der Waals surface area contributed by atoms with Gasteiger partial charge < -0.3 is 10.1 Å². The molecule has 1 N–H and O–H groups in total. The first-order chi connectivity index (χ1) is 11.3. The fourth-order valence-corrected chi connectivity index (χ4v) is 4.79. The molecule has 1 aromatic rings. The van der Waals surface area contributed by atoms with E-state index in [1.54, 1.807) is 6.92 Å². The molecule has 2 aliphatic rings. The number of aryl methyl sites for hydroxylation is 1. The van der Waals surface area contributed by atoms with Crippen molar-refractivity contribution in [3.63, 3.8) is 0 Å². The Labute approximate surface area is 153 Å². The molecule has 0 radical (unpaired) electrons. The van der Waals surface area contributed by atoms with Crippen LogP contribution in [0, 0.1) is 16.7 Å². The van der Waals surface area contributed by atoms with Crippen molar-refractivity contribution < 1.29 is 14.3 Å². The van der Waals surface area contributed by atoms with Crippen LogP contribution in [0.3, 0.4) is 0 Å². The van der Waals surface area contributed by atoms with Crippen LogP contribution in [0.5, 0.6) is 0 Å². The Morgan fingerprint density at radius 3 is 2.67 bits per heavy atom. The first-order valence-electron chi connectivity index (χ1n) is 7.68. The number of halogens is 2. The minimum Gasteiger partial charge on any atom is -0.455 e. The zero-order valence-electron chi connectivity index (χ0n) is 13.1. The highest BCUT2D eigenvalue weighted by Gasteiger charge is 2.69. The van der Waals surface area contributed by atoms with E-state index >= 15 is 0 Å². The summed E-state index contributed by atoms with van der Waals surface area (Å²) in [5, 5.41) is 12.6. The average Bonchev–Trinajstić information content (AvgIpc) is 2.90. The fraction of sp³-hybridized carbons (Fsp3) is 0.562. The molecule has 128 valence electrons. The summed E-state index contributed by atoms with van der Waals surface area (Å²) in [6.07, 6.45) is 4.26. The monoisotopic (exact) mass is 386 g/mol. The van der Waals surface area contributed by atoms with Gasteiger partial charge in [-0.25, -0.2) is 0 Å². The highest BCUT2D eigenvalue weighted by atomic mass is 35.5. The smallest absolute Gasteiger partial charge is 0.315 e. The first-order valence-corrected chi connectivity index (χ1v) is 9.25. The molecule has 1 atom stereocenters. The van der Waals surface area contributed by atoms with Gasteiger partial charge in [0.2, 0.25) is 0 Å². The molecule has 0 aliphatic heterocycles. The van der Waals surface area contributed by atoms with Gasteiger partial charge in [-0.1, -0.05) is 0 Å². The Balaban J connectivity index is 1.61. The van der Waals surface area contributed by atoms with Gasteiger partial charge >= 0.3 is 5.97 Å². The topological polar surface area (TPSA) is 79.2 Å². The molecule has 5 nitrogen and oxygen atoms in total. The van der Waals surface area contributed by atoms with Crippen molar-refractivity contribution in [2.45, 2.75) is 43.4 Å². The highest BCUT2D eigenvalue weighted by Crippen LogP contribution is 2.64. The Morgan fingerprint density at radius 1 is 1.38 bits per heavy atom. The molecule has 1 amide bonds. The van der Waals surface area contributed by atoms with Crippen molar-refractivity contribution in [1.82, 2.24) is 0 Å². The largest absolute Gasteiger partial charge is 0.455 e. The number of thiophene rings is 1. The van der Waals surface area contributed by atoms with Gasteiger partial charge in [-0.05, 0) is 38.2 Å². The molecule has 1 aromatic heterocycles. The van der Waals surface area contributed by atoms with Crippen LogP contribution in [0.2, 0.25) is 0 Å². The minimum absolute atomic E-state index is 0.305. The number of hydrogen-bond donors (Lipinski definition) is 1. The van der Waals surface area contributed by atoms with Gasteiger partial charge in [0.1, 0.15) is 20.8 Å². The van der Waals surface area contributed by atoms with Gasteiger partial charge in [-0.2, -0.15) is 5.26 Å². The lowest BCUT2D eigenvalue weighted by molar-refractivity contribution is -0.152. The van der Waals surface area contributed by atoms with Gasteiger partial charge in [0.25, 0.3) is 5.91 Å². The number of rotatable bonds is 4. The molecule has 1 fully saturated rings. The number of anilines is 1. The number of hydrogen-bond acceptors (Lipinski definition) is 5. The van der Waals surface area contributed by atoms with Crippen molar-refractivity contribution >= 4 is 51.4 Å². The fourth-order valence-electron chi connectivity index (χ4n) is 2.85. The SMILES string of the molecule is CC1(C(=O)OCC(=O)Nc2sc3c(c2C#N)CCCC3)CC1(Cl)Cl. The number of alkyl halides is 2. The zero-order valence-corrected chi connectivity index (χ0v) is 15.4. The normalized spacial score (nSPS) is 23.8. The van der Waals surface area contributed by atoms with Crippen LogP contribution in [0.1, 0.15) is 42.2 Å². The lowest BCUT2D eigenvalue weighted by Crippen LogP contribution is -2.26. The average molecular weight is 387 g/mol. The molecular weight excluding hydrogens is 371 g/mol. The maximum absolute atomic E-state index is 12.0. The van der Waals surface area contributed by atoms with Crippen LogP contribution >= 0.6 is 34.5 Å². The summed E-state index contributed by atoms with van der Waals surface area (Å²) in [7, 11) is 0. The molecule has 0 bridgehead atoms. The molecule has 1 saturated carbocycles. The van der Waals surface area contributed by atoms with E-state index < -0.39 is 28.2 Å². The van der Waals surface area contributed by atoms with E-state index in [-0.39, 0.29) is 0 Å². The van der Waals surface area contributed by atoms with Gasteiger partial charge in [0.05, 0.1) is 5.56 Å². The van der Waals surface area contributed by atoms with Crippen LogP contribution < -0.4 is 5.32 Å². The molecule has 3 rings (SSSR count). The van der Waals surface area contributed by atoms with Crippen LogP contribution in [0.15, 0.2) is 0 Å². The summed E-state index contributed by atoms with van der Waals surface area (Å²) >= 11 is 13.3. The number of ether oxygens (including phenoxy) is 1. The van der Waals surface area contributed by atoms with E-state index in [1.165, 1.54) is 11.3 Å². The summed E-state index contributed by atoms with van der Waals surface area (Å²) in [6, 6.07) is 2.17. The second-order valence-corrected chi connectivity index (χ2v) is 8.95. The van der Waals surface area contributed by atoms with Gasteiger partial charge in [-0.15, -0.1) is 34.5 Å². The second-order valence-electron chi connectivity index (χ2n) is 6.36. The number of nitrogens with one attached hydrogen (secondary N) is 1. The number of nitriles is 1. The van der Waals surface area contributed by atoms with Crippen molar-refractivity contribution in [2.24, 2.45) is 5.41 Å². The molecule has 2 aliphatic carbocycles. The Kier molecular flexibility index (Phi) is 4.54. The molecule has 8 heteroatoms. The van der Waals surface area contributed by atoms with Crippen molar-refractivity contribution in [3.8, 4) is 6.07 Å². The summed E-state index contributed by atoms with van der Waals surface area (Å²) < 4.78 is 3.89. The Bertz CT molecular complexity index is 753. The van der Waals surface area contributed by atoms with E-state index in [1.807, 2.05) is 0 Å². The predicted molar refractivity (Wildman–Crippen MR) is 92.4 cm³/mol. The zero-order chi connectivity index (χ0) is 17.5. The summed E-state index contributed by atoms with van der Waals surface area (Å²) in [5.41, 5.74) is 0.612. The van der Waals surface area contributed by atoms with E-state index in [2.05, 4.69) is 11.4 Å². The number of carbonyl (C=O) groups excluding carboxylic acids is 2. The number of esters is 1. The molecule has 0 spiro atoms. The van der Waals surface area contributed by atoms with Crippen molar-refractivity contribution in [3.05, 3.63) is 16.0 Å². The van der Waals surface area contributed by atoms with Crippen LogP contribution in [-0.2, 0) is 27.2 Å². The number of nitrogens with zero attached hydrogens (tertiary/aromatic N) is 1. The maximum atomic E-state index is 12.0. The minimum atomic E-state index is -1.12.